The Kier molecular flexibility index (Phi) is 7.03. The van der Waals surface area contributed by atoms with Gasteiger partial charge in [0.25, 0.3) is 8.32 Å². The Morgan fingerprint density at radius 1 is 0.867 bits per heavy atom. The molecule has 0 aliphatic carbocycles. The van der Waals surface area contributed by atoms with Crippen molar-refractivity contribution in [3.63, 3.8) is 0 Å². The quantitative estimate of drug-likeness (QED) is 0.536. The molecule has 1 atom stereocenters. The van der Waals surface area contributed by atoms with Gasteiger partial charge in [0.2, 0.25) is 0 Å². The third-order valence-electron chi connectivity index (χ3n) is 5.37. The van der Waals surface area contributed by atoms with Crippen LogP contribution in [0.25, 0.3) is 0 Å². The van der Waals surface area contributed by atoms with E-state index in [0.29, 0.717) is 5.56 Å². The summed E-state index contributed by atoms with van der Waals surface area (Å²) in [7, 11) is -2.72. The first kappa shape index (κ1) is 22.2. The van der Waals surface area contributed by atoms with Crippen LogP contribution in [-0.2, 0) is 4.43 Å². The van der Waals surface area contributed by atoms with Crippen LogP contribution in [0.2, 0.25) is 5.04 Å². The second-order valence-electron chi connectivity index (χ2n) is 8.38. The fourth-order valence-corrected chi connectivity index (χ4v) is 8.40. The van der Waals surface area contributed by atoms with Gasteiger partial charge < -0.3 is 9.53 Å². The molecule has 3 aromatic carbocycles. The molecule has 0 saturated carbocycles. The van der Waals surface area contributed by atoms with E-state index in [1.54, 1.807) is 24.3 Å². The smallest absolute Gasteiger partial charge is 0.261 e. The molecule has 0 radical (unpaired) electrons. The number of rotatable bonds is 7. The highest BCUT2D eigenvalue weighted by atomic mass is 28.4. The predicted molar refractivity (Wildman–Crippen MR) is 124 cm³/mol. The van der Waals surface area contributed by atoms with Crippen molar-refractivity contribution in [2.45, 2.75) is 31.9 Å². The zero-order valence-electron chi connectivity index (χ0n) is 17.8. The molecular formula is C26H29FO2Si. The molecule has 0 amide bonds. The van der Waals surface area contributed by atoms with E-state index in [4.69, 9.17) is 4.43 Å². The minimum absolute atomic E-state index is 0.0863. The lowest BCUT2D eigenvalue weighted by molar-refractivity contribution is 0.183. The first-order valence-electron chi connectivity index (χ1n) is 10.2. The van der Waals surface area contributed by atoms with Crippen LogP contribution in [0.5, 0.6) is 0 Å². The lowest BCUT2D eigenvalue weighted by atomic mass is 10.1. The lowest BCUT2D eigenvalue weighted by Gasteiger charge is -2.42. The van der Waals surface area contributed by atoms with Crippen LogP contribution in [0.3, 0.4) is 0 Å². The highest BCUT2D eigenvalue weighted by Gasteiger charge is 2.49. The van der Waals surface area contributed by atoms with Gasteiger partial charge in [-0.05, 0) is 27.1 Å². The van der Waals surface area contributed by atoms with Crippen LogP contribution < -0.4 is 10.4 Å². The molecule has 0 aliphatic rings. The van der Waals surface area contributed by atoms with Gasteiger partial charge >= 0.3 is 0 Å². The Morgan fingerprint density at radius 2 is 1.30 bits per heavy atom. The number of aliphatic hydroxyl groups excluding tert-OH is 1. The summed E-state index contributed by atoms with van der Waals surface area (Å²) in [5, 5.41) is 12.4. The molecule has 3 rings (SSSR count). The van der Waals surface area contributed by atoms with Gasteiger partial charge in [-0.25, -0.2) is 4.39 Å². The zero-order chi connectivity index (χ0) is 21.6. The van der Waals surface area contributed by atoms with Crippen molar-refractivity contribution in [2.75, 3.05) is 6.61 Å². The molecule has 0 spiro atoms. The predicted octanol–water partition coefficient (Wildman–Crippen LogP) is 5.15. The van der Waals surface area contributed by atoms with Crippen molar-refractivity contribution in [3.05, 3.63) is 108 Å². The SMILES string of the molecule is CC(C)(C)[Si](OC/C=C(\F)C(O)c1ccccc1)(c1ccccc1)c1ccccc1. The number of hydrogen-bond donors (Lipinski definition) is 1. The van der Waals surface area contributed by atoms with Crippen molar-refractivity contribution in [1.82, 2.24) is 0 Å². The van der Waals surface area contributed by atoms with Gasteiger partial charge in [-0.15, -0.1) is 0 Å². The van der Waals surface area contributed by atoms with E-state index in [-0.39, 0.29) is 11.6 Å². The zero-order valence-corrected chi connectivity index (χ0v) is 18.8. The molecule has 30 heavy (non-hydrogen) atoms. The molecule has 156 valence electrons. The van der Waals surface area contributed by atoms with E-state index in [2.05, 4.69) is 45.0 Å². The lowest BCUT2D eigenvalue weighted by Crippen LogP contribution is -2.66. The van der Waals surface area contributed by atoms with E-state index < -0.39 is 20.2 Å². The van der Waals surface area contributed by atoms with Crippen LogP contribution >= 0.6 is 0 Å². The van der Waals surface area contributed by atoms with E-state index in [1.165, 1.54) is 6.08 Å². The maximum Gasteiger partial charge on any atom is 0.261 e. The van der Waals surface area contributed by atoms with Crippen LogP contribution in [0.4, 0.5) is 4.39 Å². The summed E-state index contributed by atoms with van der Waals surface area (Å²) < 4.78 is 21.3. The van der Waals surface area contributed by atoms with Gasteiger partial charge in [0, 0.05) is 0 Å². The highest BCUT2D eigenvalue weighted by Crippen LogP contribution is 2.36. The second kappa shape index (κ2) is 9.52. The van der Waals surface area contributed by atoms with E-state index >= 15 is 0 Å². The normalized spacial score (nSPS) is 13.8. The van der Waals surface area contributed by atoms with Crippen LogP contribution in [-0.4, -0.2) is 20.0 Å². The number of aliphatic hydroxyl groups is 1. The summed E-state index contributed by atoms with van der Waals surface area (Å²) in [5.74, 6) is -0.598. The largest absolute Gasteiger partial charge is 0.404 e. The third kappa shape index (κ3) is 4.62. The van der Waals surface area contributed by atoms with Gasteiger partial charge in [0.05, 0.1) is 6.61 Å². The molecule has 0 saturated heterocycles. The van der Waals surface area contributed by atoms with E-state index in [9.17, 15) is 9.50 Å². The van der Waals surface area contributed by atoms with Gasteiger partial charge in [0.1, 0.15) is 11.9 Å². The monoisotopic (exact) mass is 420 g/mol. The number of benzene rings is 3. The second-order valence-corrected chi connectivity index (χ2v) is 12.7. The Labute approximate surface area is 179 Å². The van der Waals surface area contributed by atoms with Crippen molar-refractivity contribution in [3.8, 4) is 0 Å². The Hall–Kier alpha value is -2.53. The van der Waals surface area contributed by atoms with Gasteiger partial charge in [-0.3, -0.25) is 0 Å². The Balaban J connectivity index is 1.96. The molecule has 0 aromatic heterocycles. The minimum Gasteiger partial charge on any atom is -0.404 e. The first-order chi connectivity index (χ1) is 14.4. The van der Waals surface area contributed by atoms with Crippen molar-refractivity contribution in [2.24, 2.45) is 0 Å². The van der Waals surface area contributed by atoms with Crippen molar-refractivity contribution < 1.29 is 13.9 Å². The maximum absolute atomic E-state index is 14.7. The summed E-state index contributed by atoms with van der Waals surface area (Å²) >= 11 is 0. The topological polar surface area (TPSA) is 29.5 Å². The molecule has 3 aromatic rings. The molecule has 0 fully saturated rings. The first-order valence-corrected chi connectivity index (χ1v) is 12.1. The average molecular weight is 421 g/mol. The molecule has 4 heteroatoms. The van der Waals surface area contributed by atoms with Gasteiger partial charge in [-0.1, -0.05) is 112 Å². The van der Waals surface area contributed by atoms with Crippen LogP contribution in [0, 0.1) is 0 Å². The third-order valence-corrected chi connectivity index (χ3v) is 10.4. The molecule has 0 aliphatic heterocycles. The van der Waals surface area contributed by atoms with Gasteiger partial charge in [0.15, 0.2) is 0 Å². The highest BCUT2D eigenvalue weighted by molar-refractivity contribution is 6.99. The Morgan fingerprint density at radius 3 is 1.73 bits per heavy atom. The molecule has 1 N–H and O–H groups in total. The molecule has 1 unspecified atom stereocenters. The average Bonchev–Trinajstić information content (AvgIpc) is 2.77. The fraction of sp³-hybridized carbons (Fsp3) is 0.231. The maximum atomic E-state index is 14.7. The molecule has 0 bridgehead atoms. The van der Waals surface area contributed by atoms with E-state index in [0.717, 1.165) is 10.4 Å². The molecular weight excluding hydrogens is 391 g/mol. The van der Waals surface area contributed by atoms with Crippen LogP contribution in [0.1, 0.15) is 32.4 Å². The molecule has 0 heterocycles. The summed E-state index contributed by atoms with van der Waals surface area (Å²) in [6, 6.07) is 29.3. The van der Waals surface area contributed by atoms with Crippen LogP contribution in [0.15, 0.2) is 103 Å². The van der Waals surface area contributed by atoms with Gasteiger partial charge in [-0.2, -0.15) is 0 Å². The standard InChI is InChI=1S/C26H29FO2Si/c1-26(2,3)30(22-15-9-5-10-16-22,23-17-11-6-12-18-23)29-20-19-24(27)25(28)21-13-7-4-8-14-21/h4-19,25,28H,20H2,1-3H3/b24-19-. The van der Waals surface area contributed by atoms with Crippen molar-refractivity contribution >= 4 is 18.7 Å². The van der Waals surface area contributed by atoms with Crippen molar-refractivity contribution in [1.29, 1.82) is 0 Å². The summed E-state index contributed by atoms with van der Waals surface area (Å²) in [6.45, 7) is 6.62. The minimum atomic E-state index is -2.72. The summed E-state index contributed by atoms with van der Waals surface area (Å²) in [5.41, 5.74) is 0.525. The fourth-order valence-electron chi connectivity index (χ4n) is 3.91. The summed E-state index contributed by atoms with van der Waals surface area (Å²) in [4.78, 5) is 0. The number of hydrogen-bond acceptors (Lipinski definition) is 2. The van der Waals surface area contributed by atoms with E-state index in [1.807, 2.05) is 42.5 Å². The Bertz CT molecular complexity index is 911. The summed E-state index contributed by atoms with van der Waals surface area (Å²) in [6.07, 6.45) is 0.0748. The molecule has 2 nitrogen and oxygen atoms in total. The number of halogens is 1.